The van der Waals surface area contributed by atoms with E-state index in [2.05, 4.69) is 20.6 Å². The molecule has 3 aromatic rings. The maximum absolute atomic E-state index is 14.2. The van der Waals surface area contributed by atoms with Gasteiger partial charge in [0.2, 0.25) is 11.8 Å². The Bertz CT molecular complexity index is 1300. The van der Waals surface area contributed by atoms with Gasteiger partial charge in [-0.2, -0.15) is 13.2 Å². The number of amides is 2. The lowest BCUT2D eigenvalue weighted by atomic mass is 10.1. The van der Waals surface area contributed by atoms with Crippen LogP contribution in [0, 0.1) is 17.6 Å². The van der Waals surface area contributed by atoms with E-state index in [9.17, 15) is 31.5 Å². The normalized spacial score (nSPS) is 14.8. The Morgan fingerprint density at radius 2 is 1.87 bits per heavy atom. The van der Waals surface area contributed by atoms with Crippen LogP contribution in [0.4, 0.5) is 39.0 Å². The molecule has 1 aliphatic heterocycles. The number of benzene rings is 1. The van der Waals surface area contributed by atoms with Gasteiger partial charge in [0.25, 0.3) is 0 Å². The Balaban J connectivity index is 0.000000336. The van der Waals surface area contributed by atoms with Gasteiger partial charge in [0.05, 0.1) is 59.1 Å². The number of carbonyl (C=O) groups is 2. The first kappa shape index (κ1) is 28.2. The number of carbonyl (C=O) groups excluding carboxylic acids is 2. The Morgan fingerprint density at radius 3 is 2.45 bits per heavy atom. The molecule has 0 aliphatic carbocycles. The standard InChI is InChI=1S/C18H16F5N3O2.C6H7N3O/c19-11-1-2-15(13(5-11)18(21,22)23)26-12-6-14(20)16(24-7-12)8-25-17(27)10-3-4-28-9-10;7-5-1-4(6(8)10)2-9-3-5/h1-2,5-7,10,26H,3-4,8-9H2,(H,25,27);1-3H,7H2,(H2,8,10)/t10-;/m1./s1. The molecule has 2 amide bonds. The van der Waals surface area contributed by atoms with Crippen molar-refractivity contribution in [3.63, 3.8) is 0 Å². The zero-order chi connectivity index (χ0) is 27.9. The van der Waals surface area contributed by atoms with Crippen molar-refractivity contribution in [2.45, 2.75) is 19.1 Å². The number of halogens is 5. The number of nitrogens with one attached hydrogen (secondary N) is 2. The molecule has 14 heteroatoms. The highest BCUT2D eigenvalue weighted by Crippen LogP contribution is 2.36. The zero-order valence-electron chi connectivity index (χ0n) is 19.7. The molecule has 3 heterocycles. The number of alkyl halides is 3. The second kappa shape index (κ2) is 12.3. The second-order valence-electron chi connectivity index (χ2n) is 8.11. The van der Waals surface area contributed by atoms with Crippen molar-refractivity contribution >= 4 is 28.9 Å². The van der Waals surface area contributed by atoms with Crippen LogP contribution in [0.5, 0.6) is 0 Å². The van der Waals surface area contributed by atoms with Gasteiger partial charge in [-0.3, -0.25) is 19.6 Å². The molecule has 0 radical (unpaired) electrons. The first-order chi connectivity index (χ1) is 17.9. The van der Waals surface area contributed by atoms with Crippen molar-refractivity contribution in [3.05, 3.63) is 77.4 Å². The molecule has 0 bridgehead atoms. The summed E-state index contributed by atoms with van der Waals surface area (Å²) in [4.78, 5) is 29.9. The number of ether oxygens (including phenoxy) is 1. The van der Waals surface area contributed by atoms with Crippen LogP contribution in [-0.2, 0) is 22.3 Å². The monoisotopic (exact) mass is 538 g/mol. The summed E-state index contributed by atoms with van der Waals surface area (Å²) in [6.07, 6.45) is -0.244. The fourth-order valence-corrected chi connectivity index (χ4v) is 3.33. The van der Waals surface area contributed by atoms with Crippen LogP contribution in [-0.4, -0.2) is 35.0 Å². The summed E-state index contributed by atoms with van der Waals surface area (Å²) in [5.41, 5.74) is 9.29. The van der Waals surface area contributed by atoms with Crippen LogP contribution in [0.1, 0.15) is 28.0 Å². The SMILES string of the molecule is NC(=O)c1cncc(N)c1.O=C(NCc1ncc(Nc2ccc(F)cc2C(F)(F)F)cc1F)[C@@H]1CCOC1. The van der Waals surface area contributed by atoms with Gasteiger partial charge in [0.15, 0.2) is 0 Å². The van der Waals surface area contributed by atoms with E-state index in [0.717, 1.165) is 24.4 Å². The molecular formula is C24H23F5N6O3. The number of nitrogens with zero attached hydrogens (tertiary/aromatic N) is 2. The first-order valence-corrected chi connectivity index (χ1v) is 11.1. The smallest absolute Gasteiger partial charge is 0.397 e. The largest absolute Gasteiger partial charge is 0.418 e. The highest BCUT2D eigenvalue weighted by atomic mass is 19.4. The highest BCUT2D eigenvalue weighted by molar-refractivity contribution is 5.93. The predicted octanol–water partition coefficient (Wildman–Crippen LogP) is 3.54. The summed E-state index contributed by atoms with van der Waals surface area (Å²) in [7, 11) is 0. The molecular weight excluding hydrogens is 515 g/mol. The Hall–Kier alpha value is -4.33. The lowest BCUT2D eigenvalue weighted by Gasteiger charge is -2.15. The van der Waals surface area contributed by atoms with Gasteiger partial charge in [0.1, 0.15) is 11.6 Å². The van der Waals surface area contributed by atoms with Gasteiger partial charge in [-0.1, -0.05) is 0 Å². The molecule has 0 saturated carbocycles. The van der Waals surface area contributed by atoms with Crippen molar-refractivity contribution in [1.82, 2.24) is 15.3 Å². The third-order valence-electron chi connectivity index (χ3n) is 5.26. The lowest BCUT2D eigenvalue weighted by molar-refractivity contribution is -0.137. The molecule has 1 saturated heterocycles. The molecule has 4 rings (SSSR count). The number of pyridine rings is 2. The zero-order valence-corrected chi connectivity index (χ0v) is 19.7. The third kappa shape index (κ3) is 7.83. The minimum atomic E-state index is -4.79. The predicted molar refractivity (Wildman–Crippen MR) is 127 cm³/mol. The van der Waals surface area contributed by atoms with Gasteiger partial charge < -0.3 is 26.8 Å². The van der Waals surface area contributed by atoms with E-state index in [1.165, 1.54) is 18.5 Å². The lowest BCUT2D eigenvalue weighted by Crippen LogP contribution is -2.31. The molecule has 202 valence electrons. The number of nitrogen functional groups attached to an aromatic ring is 1. The van der Waals surface area contributed by atoms with Crippen molar-refractivity contribution < 1.29 is 36.3 Å². The topological polar surface area (TPSA) is 145 Å². The van der Waals surface area contributed by atoms with Crippen LogP contribution in [0.3, 0.4) is 0 Å². The number of aromatic nitrogens is 2. The maximum Gasteiger partial charge on any atom is 0.418 e. The van der Waals surface area contributed by atoms with Crippen LogP contribution in [0.2, 0.25) is 0 Å². The van der Waals surface area contributed by atoms with E-state index >= 15 is 0 Å². The number of primary amides is 1. The summed E-state index contributed by atoms with van der Waals surface area (Å²) in [5, 5.41) is 4.94. The minimum Gasteiger partial charge on any atom is -0.397 e. The van der Waals surface area contributed by atoms with E-state index in [-0.39, 0.29) is 29.8 Å². The fraction of sp³-hybridized carbons (Fsp3) is 0.250. The number of hydrogen-bond donors (Lipinski definition) is 4. The Kier molecular flexibility index (Phi) is 9.12. The van der Waals surface area contributed by atoms with Crippen molar-refractivity contribution in [2.75, 3.05) is 24.3 Å². The van der Waals surface area contributed by atoms with Crippen LogP contribution in [0.15, 0.2) is 48.9 Å². The Morgan fingerprint density at radius 1 is 1.11 bits per heavy atom. The van der Waals surface area contributed by atoms with Gasteiger partial charge in [-0.25, -0.2) is 8.78 Å². The van der Waals surface area contributed by atoms with E-state index in [4.69, 9.17) is 16.2 Å². The first-order valence-electron chi connectivity index (χ1n) is 11.1. The number of rotatable bonds is 6. The van der Waals surface area contributed by atoms with Gasteiger partial charge in [0, 0.05) is 25.1 Å². The van der Waals surface area contributed by atoms with Crippen molar-refractivity contribution in [2.24, 2.45) is 11.7 Å². The summed E-state index contributed by atoms with van der Waals surface area (Å²) in [5.74, 6) is -2.92. The quantitative estimate of drug-likeness (QED) is 0.351. The van der Waals surface area contributed by atoms with Crippen molar-refractivity contribution in [3.8, 4) is 0 Å². The van der Waals surface area contributed by atoms with E-state index < -0.39 is 35.0 Å². The molecule has 1 fully saturated rings. The molecule has 6 N–H and O–H groups in total. The molecule has 1 atom stereocenters. The van der Waals surface area contributed by atoms with Crippen LogP contribution in [0.25, 0.3) is 0 Å². The number of hydrogen-bond acceptors (Lipinski definition) is 7. The summed E-state index contributed by atoms with van der Waals surface area (Å²) < 4.78 is 71.6. The molecule has 1 aromatic carbocycles. The van der Waals surface area contributed by atoms with Gasteiger partial charge in [-0.05, 0) is 30.7 Å². The fourth-order valence-electron chi connectivity index (χ4n) is 3.33. The Labute approximate surface area is 213 Å². The highest BCUT2D eigenvalue weighted by Gasteiger charge is 2.34. The molecule has 1 aliphatic rings. The van der Waals surface area contributed by atoms with Gasteiger partial charge >= 0.3 is 6.18 Å². The van der Waals surface area contributed by atoms with Crippen molar-refractivity contribution in [1.29, 1.82) is 0 Å². The maximum atomic E-state index is 14.2. The van der Waals surface area contributed by atoms with Gasteiger partial charge in [-0.15, -0.1) is 0 Å². The van der Waals surface area contributed by atoms with E-state index in [1.54, 1.807) is 0 Å². The number of nitrogens with two attached hydrogens (primary N) is 2. The van der Waals surface area contributed by atoms with Crippen LogP contribution >= 0.6 is 0 Å². The second-order valence-corrected chi connectivity index (χ2v) is 8.11. The molecule has 0 spiro atoms. The number of anilines is 3. The summed E-state index contributed by atoms with van der Waals surface area (Å²) in [6.45, 7) is 0.643. The average molecular weight is 538 g/mol. The van der Waals surface area contributed by atoms with E-state index in [0.29, 0.717) is 37.0 Å². The molecule has 2 aromatic heterocycles. The van der Waals surface area contributed by atoms with E-state index in [1.807, 2.05) is 0 Å². The molecule has 9 nitrogen and oxygen atoms in total. The minimum absolute atomic E-state index is 0.0473. The third-order valence-corrected chi connectivity index (χ3v) is 5.26. The molecule has 0 unspecified atom stereocenters. The van der Waals surface area contributed by atoms with Crippen LogP contribution < -0.4 is 22.1 Å². The average Bonchev–Trinajstić information content (AvgIpc) is 3.39. The summed E-state index contributed by atoms with van der Waals surface area (Å²) in [6, 6.07) is 4.56. The molecule has 38 heavy (non-hydrogen) atoms. The summed E-state index contributed by atoms with van der Waals surface area (Å²) >= 11 is 0.